The number of ether oxygens (including phenoxy) is 1. The van der Waals surface area contributed by atoms with Gasteiger partial charge in [-0.15, -0.1) is 0 Å². The van der Waals surface area contributed by atoms with E-state index in [1.165, 1.54) is 0 Å². The van der Waals surface area contributed by atoms with E-state index in [1.807, 2.05) is 24.3 Å². The molecule has 1 heterocycles. The summed E-state index contributed by atoms with van der Waals surface area (Å²) in [5.74, 6) is 0.302. The number of Topliss-reactive ketones (excluding diaryl/α,β-unsaturated/α-hetero) is 1. The van der Waals surface area contributed by atoms with E-state index in [0.717, 1.165) is 18.1 Å². The van der Waals surface area contributed by atoms with Crippen LogP contribution in [0, 0.1) is 5.92 Å². The van der Waals surface area contributed by atoms with Crippen LogP contribution in [0.25, 0.3) is 0 Å². The Morgan fingerprint density at radius 1 is 1.03 bits per heavy atom. The summed E-state index contributed by atoms with van der Waals surface area (Å²) in [6.07, 6.45) is -3.10. The summed E-state index contributed by atoms with van der Waals surface area (Å²) in [6, 6.07) is 14.6. The molecular formula is C22H14Cl2F3NO2. The van der Waals surface area contributed by atoms with Gasteiger partial charge in [-0.25, -0.2) is 4.98 Å². The highest BCUT2D eigenvalue weighted by atomic mass is 35.5. The summed E-state index contributed by atoms with van der Waals surface area (Å²) < 4.78 is 43.5. The third-order valence-electron chi connectivity index (χ3n) is 4.91. The minimum atomic E-state index is -4.54. The predicted molar refractivity (Wildman–Crippen MR) is 107 cm³/mol. The van der Waals surface area contributed by atoms with Crippen LogP contribution in [-0.2, 0) is 6.18 Å². The number of benzene rings is 2. The number of carbonyl (C=O) groups excluding carboxylic acids is 1. The molecule has 30 heavy (non-hydrogen) atoms. The predicted octanol–water partition coefficient (Wildman–Crippen LogP) is 7.19. The molecule has 1 aliphatic rings. The van der Waals surface area contributed by atoms with Crippen molar-refractivity contribution in [1.82, 2.24) is 4.98 Å². The molecule has 0 spiro atoms. The molecule has 0 N–H and O–H groups in total. The maximum atomic E-state index is 12.7. The first-order valence-electron chi connectivity index (χ1n) is 9.03. The van der Waals surface area contributed by atoms with Gasteiger partial charge >= 0.3 is 6.18 Å². The lowest BCUT2D eigenvalue weighted by atomic mass is 10.0. The van der Waals surface area contributed by atoms with E-state index in [-0.39, 0.29) is 28.5 Å². The number of ketones is 1. The molecule has 1 saturated carbocycles. The maximum absolute atomic E-state index is 12.7. The lowest BCUT2D eigenvalue weighted by Crippen LogP contribution is -2.06. The van der Waals surface area contributed by atoms with Crippen LogP contribution in [0.4, 0.5) is 13.2 Å². The van der Waals surface area contributed by atoms with Crippen LogP contribution in [0.2, 0.25) is 10.0 Å². The first kappa shape index (κ1) is 20.7. The molecule has 0 bridgehead atoms. The Labute approximate surface area is 180 Å². The van der Waals surface area contributed by atoms with Crippen molar-refractivity contribution >= 4 is 29.0 Å². The number of aromatic nitrogens is 1. The first-order chi connectivity index (χ1) is 14.2. The Morgan fingerprint density at radius 3 is 2.30 bits per heavy atom. The summed E-state index contributed by atoms with van der Waals surface area (Å²) >= 11 is 11.8. The molecule has 0 radical (unpaired) electrons. The summed E-state index contributed by atoms with van der Waals surface area (Å²) in [6.45, 7) is 0. The van der Waals surface area contributed by atoms with E-state index < -0.39 is 11.7 Å². The summed E-state index contributed by atoms with van der Waals surface area (Å²) in [5.41, 5.74) is 0.663. The monoisotopic (exact) mass is 451 g/mol. The lowest BCUT2D eigenvalue weighted by Gasteiger charge is -2.10. The number of nitrogens with zero attached hydrogens (tertiary/aromatic N) is 1. The molecule has 3 aromatic rings. The van der Waals surface area contributed by atoms with Crippen molar-refractivity contribution in [1.29, 1.82) is 0 Å². The minimum absolute atomic E-state index is 0.0344. The van der Waals surface area contributed by atoms with Gasteiger partial charge in [-0.2, -0.15) is 13.2 Å². The average Bonchev–Trinajstić information content (AvgIpc) is 3.50. The molecule has 1 aromatic heterocycles. The Bertz CT molecular complexity index is 1080. The highest BCUT2D eigenvalue weighted by Gasteiger charge is 2.43. The van der Waals surface area contributed by atoms with E-state index >= 15 is 0 Å². The highest BCUT2D eigenvalue weighted by molar-refractivity contribution is 6.32. The fourth-order valence-corrected chi connectivity index (χ4v) is 3.56. The molecule has 3 nitrogen and oxygen atoms in total. The van der Waals surface area contributed by atoms with Crippen molar-refractivity contribution in [2.45, 2.75) is 18.5 Å². The number of halogens is 5. The van der Waals surface area contributed by atoms with Crippen LogP contribution < -0.4 is 4.74 Å². The van der Waals surface area contributed by atoms with Gasteiger partial charge in [-0.3, -0.25) is 4.79 Å². The Kier molecular flexibility index (Phi) is 5.47. The van der Waals surface area contributed by atoms with Crippen LogP contribution in [0.3, 0.4) is 0 Å². The third-order valence-corrected chi connectivity index (χ3v) is 5.44. The fraction of sp³-hybridized carbons (Fsp3) is 0.182. The van der Waals surface area contributed by atoms with Crippen molar-refractivity contribution in [3.05, 3.63) is 87.5 Å². The quantitative estimate of drug-likeness (QED) is 0.385. The smallest absolute Gasteiger partial charge is 0.417 e. The average molecular weight is 452 g/mol. The first-order valence-corrected chi connectivity index (χ1v) is 9.78. The zero-order valence-corrected chi connectivity index (χ0v) is 16.8. The largest absolute Gasteiger partial charge is 0.438 e. The van der Waals surface area contributed by atoms with Gasteiger partial charge in [-0.05, 0) is 60.4 Å². The van der Waals surface area contributed by atoms with Gasteiger partial charge in [0.05, 0.1) is 5.56 Å². The molecule has 4 rings (SSSR count). The third kappa shape index (κ3) is 4.45. The number of hydrogen-bond acceptors (Lipinski definition) is 3. The van der Waals surface area contributed by atoms with Gasteiger partial charge in [0.25, 0.3) is 0 Å². The van der Waals surface area contributed by atoms with Crippen LogP contribution in [0.15, 0.2) is 60.8 Å². The number of rotatable bonds is 5. The van der Waals surface area contributed by atoms with Gasteiger partial charge < -0.3 is 4.74 Å². The van der Waals surface area contributed by atoms with Crippen LogP contribution in [-0.4, -0.2) is 10.8 Å². The van der Waals surface area contributed by atoms with Gasteiger partial charge in [-0.1, -0.05) is 35.3 Å². The van der Waals surface area contributed by atoms with E-state index in [1.54, 1.807) is 24.3 Å². The zero-order chi connectivity index (χ0) is 21.5. The number of hydrogen-bond donors (Lipinski definition) is 0. The Hall–Kier alpha value is -2.57. The van der Waals surface area contributed by atoms with Gasteiger partial charge in [0.15, 0.2) is 5.78 Å². The van der Waals surface area contributed by atoms with Crippen molar-refractivity contribution < 1.29 is 22.7 Å². The topological polar surface area (TPSA) is 39.2 Å². The standard InChI is InChI=1S/C22H14Cl2F3NO2/c23-15-5-1-12(2-6-15)17-10-18(17)20(29)13-3-7-16(8-4-13)30-21-19(24)9-14(11-28-21)22(25,26)27/h1-9,11,17-18H,10H2/t17-,18+/m0/s1. The molecule has 0 saturated heterocycles. The lowest BCUT2D eigenvalue weighted by molar-refractivity contribution is -0.137. The number of pyridine rings is 1. The Balaban J connectivity index is 1.42. The molecule has 2 aromatic carbocycles. The number of alkyl halides is 3. The molecule has 2 atom stereocenters. The second-order valence-corrected chi connectivity index (χ2v) is 7.84. The van der Waals surface area contributed by atoms with Crippen LogP contribution >= 0.6 is 23.2 Å². The molecule has 1 fully saturated rings. The van der Waals surface area contributed by atoms with Crippen molar-refractivity contribution in [2.75, 3.05) is 0 Å². The van der Waals surface area contributed by atoms with Crippen molar-refractivity contribution in [3.63, 3.8) is 0 Å². The molecule has 0 amide bonds. The summed E-state index contributed by atoms with van der Waals surface area (Å²) in [4.78, 5) is 16.3. The summed E-state index contributed by atoms with van der Waals surface area (Å²) in [7, 11) is 0. The van der Waals surface area contributed by atoms with Crippen LogP contribution in [0.5, 0.6) is 11.6 Å². The molecule has 0 aliphatic heterocycles. The molecule has 154 valence electrons. The van der Waals surface area contributed by atoms with E-state index in [4.69, 9.17) is 27.9 Å². The minimum Gasteiger partial charge on any atom is -0.438 e. The second kappa shape index (κ2) is 7.93. The van der Waals surface area contributed by atoms with Gasteiger partial charge in [0.1, 0.15) is 10.8 Å². The van der Waals surface area contributed by atoms with E-state index in [9.17, 15) is 18.0 Å². The Morgan fingerprint density at radius 2 is 1.70 bits per heavy atom. The second-order valence-electron chi connectivity index (χ2n) is 7.00. The van der Waals surface area contributed by atoms with Crippen molar-refractivity contribution in [2.24, 2.45) is 5.92 Å². The van der Waals surface area contributed by atoms with E-state index in [2.05, 4.69) is 4.98 Å². The zero-order valence-electron chi connectivity index (χ0n) is 15.3. The number of carbonyl (C=O) groups is 1. The van der Waals surface area contributed by atoms with Crippen LogP contribution in [0.1, 0.15) is 33.8 Å². The maximum Gasteiger partial charge on any atom is 0.417 e. The molecule has 1 aliphatic carbocycles. The molecule has 0 unspecified atom stereocenters. The molecule has 8 heteroatoms. The SMILES string of the molecule is O=C(c1ccc(Oc2ncc(C(F)(F)F)cc2Cl)cc1)[C@@H]1C[C@H]1c1ccc(Cl)cc1. The van der Waals surface area contributed by atoms with E-state index in [0.29, 0.717) is 22.5 Å². The highest BCUT2D eigenvalue weighted by Crippen LogP contribution is 2.49. The van der Waals surface area contributed by atoms with Gasteiger partial charge in [0.2, 0.25) is 5.88 Å². The summed E-state index contributed by atoms with van der Waals surface area (Å²) in [5, 5.41) is 0.397. The van der Waals surface area contributed by atoms with Gasteiger partial charge in [0, 0.05) is 22.7 Å². The van der Waals surface area contributed by atoms with Crippen molar-refractivity contribution in [3.8, 4) is 11.6 Å². The normalized spacial score (nSPS) is 18.2. The fourth-order valence-electron chi connectivity index (χ4n) is 3.23. The molecular weight excluding hydrogens is 438 g/mol.